The lowest BCUT2D eigenvalue weighted by molar-refractivity contribution is 0.122. The van der Waals surface area contributed by atoms with E-state index in [1.807, 2.05) is 0 Å². The predicted molar refractivity (Wildman–Crippen MR) is 67.1 cm³/mol. The second-order valence-electron chi connectivity index (χ2n) is 4.45. The Labute approximate surface area is 96.9 Å². The summed E-state index contributed by atoms with van der Waals surface area (Å²) in [5, 5.41) is 9.60. The van der Waals surface area contributed by atoms with Crippen molar-refractivity contribution in [3.05, 3.63) is 0 Å². The molecule has 1 saturated carbocycles. The summed E-state index contributed by atoms with van der Waals surface area (Å²) in [5.74, 6) is 2.64. The Morgan fingerprint density at radius 2 is 2.33 bits per heavy atom. The van der Waals surface area contributed by atoms with Gasteiger partial charge >= 0.3 is 0 Å². The minimum Gasteiger partial charge on any atom is -0.378 e. The minimum atomic E-state index is -0.365. The molecule has 0 saturated heterocycles. The maximum Gasteiger partial charge on any atom is 0.113 e. The lowest BCUT2D eigenvalue weighted by Gasteiger charge is -2.33. The Balaban J connectivity index is 1.89. The van der Waals surface area contributed by atoms with E-state index in [1.165, 1.54) is 24.8 Å². The standard InChI is InChI=1S/C11H22N2OS/c1-9-7-10(8-9)3-4-11(14)13-15-6-5-12-2/h9-11,13-14H,2-8H2,1H3/t9?,10?,11-/m1/s1. The van der Waals surface area contributed by atoms with Crippen LogP contribution in [0.15, 0.2) is 4.99 Å². The molecule has 0 amide bonds. The van der Waals surface area contributed by atoms with Gasteiger partial charge in [0.2, 0.25) is 0 Å². The number of nitrogens with zero attached hydrogens (tertiary/aromatic N) is 1. The molecule has 0 aromatic carbocycles. The van der Waals surface area contributed by atoms with Crippen molar-refractivity contribution in [2.45, 2.75) is 38.8 Å². The molecule has 0 bridgehead atoms. The molecule has 0 heterocycles. The quantitative estimate of drug-likeness (QED) is 0.290. The molecule has 0 aliphatic heterocycles. The maximum absolute atomic E-state index is 9.60. The Hall–Kier alpha value is -0.0600. The van der Waals surface area contributed by atoms with Crippen LogP contribution in [0.3, 0.4) is 0 Å². The van der Waals surface area contributed by atoms with Crippen molar-refractivity contribution in [1.82, 2.24) is 4.72 Å². The molecule has 1 rings (SSSR count). The zero-order chi connectivity index (χ0) is 11.1. The van der Waals surface area contributed by atoms with E-state index >= 15 is 0 Å². The molecule has 1 atom stereocenters. The first-order valence-electron chi connectivity index (χ1n) is 5.70. The smallest absolute Gasteiger partial charge is 0.113 e. The van der Waals surface area contributed by atoms with E-state index in [2.05, 4.69) is 23.4 Å². The molecule has 0 aromatic rings. The van der Waals surface area contributed by atoms with Gasteiger partial charge in [-0.3, -0.25) is 0 Å². The van der Waals surface area contributed by atoms with Gasteiger partial charge in [0.05, 0.1) is 0 Å². The molecule has 2 N–H and O–H groups in total. The number of hydrogen-bond acceptors (Lipinski definition) is 4. The molecular weight excluding hydrogens is 208 g/mol. The molecule has 1 aliphatic rings. The van der Waals surface area contributed by atoms with Crippen molar-refractivity contribution in [1.29, 1.82) is 0 Å². The highest BCUT2D eigenvalue weighted by Gasteiger charge is 2.25. The fraction of sp³-hybridized carbons (Fsp3) is 0.909. The fourth-order valence-electron chi connectivity index (χ4n) is 2.02. The number of aliphatic hydroxyl groups excluding tert-OH is 1. The molecule has 15 heavy (non-hydrogen) atoms. The summed E-state index contributed by atoms with van der Waals surface area (Å²) in [7, 11) is 0. The third-order valence-electron chi connectivity index (χ3n) is 2.89. The van der Waals surface area contributed by atoms with Gasteiger partial charge in [0.25, 0.3) is 0 Å². The van der Waals surface area contributed by atoms with E-state index in [1.54, 1.807) is 0 Å². The Kier molecular flexibility index (Phi) is 6.29. The lowest BCUT2D eigenvalue weighted by atomic mass is 9.74. The Morgan fingerprint density at radius 1 is 1.60 bits per heavy atom. The Morgan fingerprint density at radius 3 is 2.93 bits per heavy atom. The molecule has 3 nitrogen and oxygen atoms in total. The summed E-state index contributed by atoms with van der Waals surface area (Å²) in [6, 6.07) is 0. The van der Waals surface area contributed by atoms with Crippen LogP contribution < -0.4 is 4.72 Å². The van der Waals surface area contributed by atoms with E-state index in [-0.39, 0.29) is 6.23 Å². The first kappa shape index (κ1) is 13.0. The first-order valence-corrected chi connectivity index (χ1v) is 6.68. The van der Waals surface area contributed by atoms with Crippen LogP contribution in [0.4, 0.5) is 0 Å². The van der Waals surface area contributed by atoms with Crippen molar-refractivity contribution < 1.29 is 5.11 Å². The summed E-state index contributed by atoms with van der Waals surface area (Å²) in [6.07, 6.45) is 4.35. The average molecular weight is 230 g/mol. The highest BCUT2D eigenvalue weighted by atomic mass is 32.2. The third-order valence-corrected chi connectivity index (χ3v) is 3.72. The second-order valence-corrected chi connectivity index (χ2v) is 5.38. The number of nitrogens with one attached hydrogen (secondary N) is 1. The van der Waals surface area contributed by atoms with Gasteiger partial charge in [0.1, 0.15) is 6.23 Å². The van der Waals surface area contributed by atoms with Crippen LogP contribution >= 0.6 is 11.9 Å². The molecule has 1 aliphatic carbocycles. The highest BCUT2D eigenvalue weighted by molar-refractivity contribution is 7.97. The average Bonchev–Trinajstić information content (AvgIpc) is 2.18. The van der Waals surface area contributed by atoms with E-state index < -0.39 is 0 Å². The summed E-state index contributed by atoms with van der Waals surface area (Å²) in [6.45, 7) is 6.44. The zero-order valence-corrected chi connectivity index (χ0v) is 10.3. The van der Waals surface area contributed by atoms with Crippen LogP contribution in [0.2, 0.25) is 0 Å². The van der Waals surface area contributed by atoms with Gasteiger partial charge in [0.15, 0.2) is 0 Å². The second kappa shape index (κ2) is 7.25. The minimum absolute atomic E-state index is 0.365. The van der Waals surface area contributed by atoms with Crippen molar-refractivity contribution in [3.8, 4) is 0 Å². The summed E-state index contributed by atoms with van der Waals surface area (Å²) in [5.41, 5.74) is 0. The van der Waals surface area contributed by atoms with Crippen LogP contribution in [0.25, 0.3) is 0 Å². The SMILES string of the molecule is C=NCCSN[C@H](O)CCC1CC(C)C1. The van der Waals surface area contributed by atoms with Gasteiger partial charge in [-0.2, -0.15) is 0 Å². The zero-order valence-electron chi connectivity index (χ0n) is 9.48. The topological polar surface area (TPSA) is 44.6 Å². The molecule has 4 heteroatoms. The predicted octanol–water partition coefficient (Wildman–Crippen LogP) is 2.07. The van der Waals surface area contributed by atoms with Crippen LogP contribution in [0, 0.1) is 11.8 Å². The first-order chi connectivity index (χ1) is 7.22. The molecule has 0 spiro atoms. The highest BCUT2D eigenvalue weighted by Crippen LogP contribution is 2.36. The molecular formula is C11H22N2OS. The Bertz CT molecular complexity index is 183. The largest absolute Gasteiger partial charge is 0.378 e. The van der Waals surface area contributed by atoms with Crippen LogP contribution in [0.5, 0.6) is 0 Å². The van der Waals surface area contributed by atoms with E-state index in [4.69, 9.17) is 0 Å². The summed E-state index contributed by atoms with van der Waals surface area (Å²) >= 11 is 1.53. The monoisotopic (exact) mass is 230 g/mol. The van der Waals surface area contributed by atoms with Gasteiger partial charge in [-0.15, -0.1) is 0 Å². The maximum atomic E-state index is 9.60. The third kappa shape index (κ3) is 5.54. The van der Waals surface area contributed by atoms with E-state index in [0.717, 1.165) is 37.0 Å². The van der Waals surface area contributed by atoms with Gasteiger partial charge < -0.3 is 10.1 Å². The molecule has 1 fully saturated rings. The van der Waals surface area contributed by atoms with Crippen molar-refractivity contribution in [3.63, 3.8) is 0 Å². The number of aliphatic hydroxyl groups is 1. The van der Waals surface area contributed by atoms with Gasteiger partial charge in [0, 0.05) is 12.3 Å². The van der Waals surface area contributed by atoms with Crippen LogP contribution in [0.1, 0.15) is 32.6 Å². The number of aliphatic imine (C=N–C) groups is 1. The van der Waals surface area contributed by atoms with Gasteiger partial charge in [-0.1, -0.05) is 18.9 Å². The van der Waals surface area contributed by atoms with E-state index in [0.29, 0.717) is 0 Å². The molecule has 0 unspecified atom stereocenters. The number of hydrogen-bond donors (Lipinski definition) is 2. The van der Waals surface area contributed by atoms with Crippen molar-refractivity contribution >= 4 is 18.7 Å². The molecule has 0 aromatic heterocycles. The van der Waals surface area contributed by atoms with Crippen molar-refractivity contribution in [2.24, 2.45) is 16.8 Å². The normalized spacial score (nSPS) is 27.1. The molecule has 0 radical (unpaired) electrons. The van der Waals surface area contributed by atoms with Gasteiger partial charge in [-0.25, -0.2) is 4.72 Å². The number of rotatable bonds is 8. The lowest BCUT2D eigenvalue weighted by Crippen LogP contribution is -2.27. The summed E-state index contributed by atoms with van der Waals surface area (Å²) in [4.78, 5) is 3.74. The molecule has 88 valence electrons. The van der Waals surface area contributed by atoms with Crippen LogP contribution in [-0.2, 0) is 0 Å². The van der Waals surface area contributed by atoms with Gasteiger partial charge in [-0.05, 0) is 44.2 Å². The van der Waals surface area contributed by atoms with Crippen LogP contribution in [-0.4, -0.2) is 30.3 Å². The summed E-state index contributed by atoms with van der Waals surface area (Å²) < 4.78 is 3.02. The fourth-order valence-corrected chi connectivity index (χ4v) is 2.67. The van der Waals surface area contributed by atoms with E-state index in [9.17, 15) is 5.11 Å². The van der Waals surface area contributed by atoms with Crippen molar-refractivity contribution in [2.75, 3.05) is 12.3 Å².